The number of rotatable bonds is 12. The molecule has 0 N–H and O–H groups in total. The second-order valence-corrected chi connectivity index (χ2v) is 9.12. The van der Waals surface area contributed by atoms with E-state index in [-0.39, 0.29) is 0 Å². The van der Waals surface area contributed by atoms with E-state index in [4.69, 9.17) is 9.47 Å². The number of piperazine rings is 3. The lowest BCUT2D eigenvalue weighted by Crippen LogP contribution is -2.51. The van der Waals surface area contributed by atoms with Crippen LogP contribution >= 0.6 is 0 Å². The van der Waals surface area contributed by atoms with Gasteiger partial charge in [-0.05, 0) is 7.05 Å². The number of methoxy groups -OCH3 is 1. The van der Waals surface area contributed by atoms with Crippen LogP contribution in [0.25, 0.3) is 0 Å². The molecule has 0 saturated carbocycles. The molecule has 3 saturated heterocycles. The van der Waals surface area contributed by atoms with Crippen LogP contribution in [0.5, 0.6) is 0 Å². The van der Waals surface area contributed by atoms with Gasteiger partial charge in [0.2, 0.25) is 0 Å². The molecule has 30 heavy (non-hydrogen) atoms. The fourth-order valence-corrected chi connectivity index (χ4v) is 4.54. The molecule has 0 amide bonds. The van der Waals surface area contributed by atoms with Crippen LogP contribution in [0, 0.1) is 0 Å². The van der Waals surface area contributed by atoms with E-state index in [9.17, 15) is 0 Å². The smallest absolute Gasteiger partial charge is 0.0594 e. The molecule has 3 rings (SSSR count). The quantitative estimate of drug-likeness (QED) is 0.373. The van der Waals surface area contributed by atoms with Crippen LogP contribution in [0.4, 0.5) is 0 Å². The second-order valence-electron chi connectivity index (χ2n) is 9.12. The lowest BCUT2D eigenvalue weighted by atomic mass is 10.3. The number of hydrogen-bond acceptors (Lipinski definition) is 8. The van der Waals surface area contributed by atoms with Crippen molar-refractivity contribution < 1.29 is 9.47 Å². The predicted molar refractivity (Wildman–Crippen MR) is 122 cm³/mol. The molecular weight excluding hydrogens is 380 g/mol. The molecule has 0 spiro atoms. The molecule has 3 fully saturated rings. The first-order valence-electron chi connectivity index (χ1n) is 12.1. The normalized spacial score (nSPS) is 24.6. The number of hydrogen-bond donors (Lipinski definition) is 0. The van der Waals surface area contributed by atoms with Crippen LogP contribution in [0.15, 0.2) is 0 Å². The van der Waals surface area contributed by atoms with E-state index in [0.717, 1.165) is 65.6 Å². The maximum atomic E-state index is 5.95. The molecule has 3 aliphatic heterocycles. The molecule has 3 aliphatic rings. The summed E-state index contributed by atoms with van der Waals surface area (Å²) in [6, 6.07) is 0. The van der Waals surface area contributed by atoms with Gasteiger partial charge in [-0.15, -0.1) is 0 Å². The molecular formula is C22H46N6O2. The summed E-state index contributed by atoms with van der Waals surface area (Å²) in [5.74, 6) is 0. The minimum Gasteiger partial charge on any atom is -0.383 e. The van der Waals surface area contributed by atoms with Crippen molar-refractivity contribution in [1.29, 1.82) is 0 Å². The Morgan fingerprint density at radius 3 is 1.20 bits per heavy atom. The van der Waals surface area contributed by atoms with Gasteiger partial charge >= 0.3 is 0 Å². The summed E-state index contributed by atoms with van der Waals surface area (Å²) in [5, 5.41) is 0. The van der Waals surface area contributed by atoms with Crippen LogP contribution in [0.2, 0.25) is 0 Å². The Bertz CT molecular complexity index is 433. The molecule has 0 aliphatic carbocycles. The first-order chi connectivity index (χ1) is 14.7. The highest BCUT2D eigenvalue weighted by Crippen LogP contribution is 2.04. The number of nitrogens with zero attached hydrogens (tertiary/aromatic N) is 6. The molecule has 0 aromatic rings. The third-order valence-corrected chi connectivity index (χ3v) is 6.97. The van der Waals surface area contributed by atoms with Gasteiger partial charge in [-0.25, -0.2) is 0 Å². The highest BCUT2D eigenvalue weighted by atomic mass is 16.5. The number of likely N-dealkylation sites (N-methyl/N-ethyl adjacent to an activating group) is 1. The Morgan fingerprint density at radius 2 is 0.800 bits per heavy atom. The van der Waals surface area contributed by atoms with Gasteiger partial charge in [0, 0.05) is 118 Å². The molecule has 8 nitrogen and oxygen atoms in total. The van der Waals surface area contributed by atoms with E-state index in [2.05, 4.69) is 36.4 Å². The van der Waals surface area contributed by atoms with Gasteiger partial charge in [-0.2, -0.15) is 0 Å². The van der Waals surface area contributed by atoms with Gasteiger partial charge in [0.1, 0.15) is 0 Å². The van der Waals surface area contributed by atoms with Crippen molar-refractivity contribution in [2.45, 2.75) is 0 Å². The van der Waals surface area contributed by atoms with Gasteiger partial charge < -0.3 is 14.4 Å². The van der Waals surface area contributed by atoms with Crippen molar-refractivity contribution in [3.8, 4) is 0 Å². The van der Waals surface area contributed by atoms with E-state index >= 15 is 0 Å². The fraction of sp³-hybridized carbons (Fsp3) is 1.00. The lowest BCUT2D eigenvalue weighted by Gasteiger charge is -2.37. The minimum atomic E-state index is 0.841. The zero-order valence-electron chi connectivity index (χ0n) is 19.6. The topological polar surface area (TPSA) is 37.9 Å². The average Bonchev–Trinajstić information content (AvgIpc) is 2.79. The van der Waals surface area contributed by atoms with E-state index in [1.54, 1.807) is 7.11 Å². The Hall–Kier alpha value is -0.320. The molecule has 8 heteroatoms. The third kappa shape index (κ3) is 9.04. The van der Waals surface area contributed by atoms with Gasteiger partial charge in [0.05, 0.1) is 19.8 Å². The molecule has 0 aromatic heterocycles. The largest absolute Gasteiger partial charge is 0.383 e. The van der Waals surface area contributed by atoms with Crippen LogP contribution < -0.4 is 0 Å². The second kappa shape index (κ2) is 14.0. The summed E-state index contributed by atoms with van der Waals surface area (Å²) in [7, 11) is 4.01. The summed E-state index contributed by atoms with van der Waals surface area (Å²) >= 11 is 0. The van der Waals surface area contributed by atoms with E-state index < -0.39 is 0 Å². The summed E-state index contributed by atoms with van der Waals surface area (Å²) in [4.78, 5) is 15.3. The summed E-state index contributed by atoms with van der Waals surface area (Å²) in [6.07, 6.45) is 0. The van der Waals surface area contributed by atoms with Crippen LogP contribution in [-0.2, 0) is 9.47 Å². The van der Waals surface area contributed by atoms with Crippen LogP contribution in [0.1, 0.15) is 0 Å². The van der Waals surface area contributed by atoms with Gasteiger partial charge in [-0.1, -0.05) is 0 Å². The molecule has 0 atom stereocenters. The van der Waals surface area contributed by atoms with Crippen molar-refractivity contribution in [1.82, 2.24) is 29.4 Å². The zero-order chi connectivity index (χ0) is 21.0. The van der Waals surface area contributed by atoms with Crippen LogP contribution in [-0.4, -0.2) is 175 Å². The van der Waals surface area contributed by atoms with Crippen molar-refractivity contribution >= 4 is 0 Å². The van der Waals surface area contributed by atoms with E-state index in [0.29, 0.717) is 0 Å². The monoisotopic (exact) mass is 426 g/mol. The van der Waals surface area contributed by atoms with Gasteiger partial charge in [0.15, 0.2) is 0 Å². The molecule has 3 heterocycles. The summed E-state index contributed by atoms with van der Waals surface area (Å²) in [5.41, 5.74) is 0. The maximum absolute atomic E-state index is 5.95. The zero-order valence-corrected chi connectivity index (χ0v) is 19.6. The Morgan fingerprint density at radius 1 is 0.467 bits per heavy atom. The lowest BCUT2D eigenvalue weighted by molar-refractivity contribution is 0.0469. The SMILES string of the molecule is COCCN1CCN(CCOCCN2CCN(CCN3CCN(C)CC3)CC2)CC1. The maximum Gasteiger partial charge on any atom is 0.0594 e. The number of ether oxygens (including phenoxy) is 2. The minimum absolute atomic E-state index is 0.841. The highest BCUT2D eigenvalue weighted by Gasteiger charge is 2.19. The van der Waals surface area contributed by atoms with E-state index in [1.807, 2.05) is 0 Å². The highest BCUT2D eigenvalue weighted by molar-refractivity contribution is 4.75. The summed E-state index contributed by atoms with van der Waals surface area (Å²) < 4.78 is 11.1. The Kier molecular flexibility index (Phi) is 11.3. The molecule has 0 radical (unpaired) electrons. The van der Waals surface area contributed by atoms with Crippen molar-refractivity contribution in [2.24, 2.45) is 0 Å². The summed E-state index contributed by atoms with van der Waals surface area (Å²) in [6.45, 7) is 22.6. The standard InChI is InChI=1S/C22H46N6O2/c1-23-3-5-24(6-4-23)7-8-25-9-11-27(12-10-25)18-21-30-22-19-28-15-13-26(14-16-28)17-20-29-2/h3-22H2,1-2H3. The van der Waals surface area contributed by atoms with Crippen LogP contribution in [0.3, 0.4) is 0 Å². The van der Waals surface area contributed by atoms with E-state index in [1.165, 1.54) is 65.4 Å². The van der Waals surface area contributed by atoms with Crippen molar-refractivity contribution in [2.75, 3.05) is 145 Å². The Labute approximate surface area is 184 Å². The van der Waals surface area contributed by atoms with Crippen molar-refractivity contribution in [3.63, 3.8) is 0 Å². The van der Waals surface area contributed by atoms with Gasteiger partial charge in [-0.3, -0.25) is 24.5 Å². The Balaban J connectivity index is 1.14. The molecule has 0 unspecified atom stereocenters. The molecule has 176 valence electrons. The van der Waals surface area contributed by atoms with Gasteiger partial charge in [0.25, 0.3) is 0 Å². The molecule has 0 aromatic carbocycles. The molecule has 0 bridgehead atoms. The third-order valence-electron chi connectivity index (χ3n) is 6.97. The average molecular weight is 427 g/mol. The first kappa shape index (κ1) is 24.3. The first-order valence-corrected chi connectivity index (χ1v) is 12.1. The fourth-order valence-electron chi connectivity index (χ4n) is 4.54. The van der Waals surface area contributed by atoms with Crippen molar-refractivity contribution in [3.05, 3.63) is 0 Å². The predicted octanol–water partition coefficient (Wildman–Crippen LogP) is -0.868.